The number of carbonyl (C=O) groups is 1. The summed E-state index contributed by atoms with van der Waals surface area (Å²) in [6.07, 6.45) is 0. The predicted molar refractivity (Wildman–Crippen MR) is 73.2 cm³/mol. The summed E-state index contributed by atoms with van der Waals surface area (Å²) in [5.74, 6) is 1.23. The Morgan fingerprint density at radius 3 is 2.89 bits per heavy atom. The van der Waals surface area contributed by atoms with Crippen molar-refractivity contribution in [1.82, 2.24) is 5.32 Å². The van der Waals surface area contributed by atoms with Crippen LogP contribution in [0.1, 0.15) is 6.92 Å². The fourth-order valence-electron chi connectivity index (χ4n) is 1.38. The molecule has 1 atom stereocenters. The molecule has 1 N–H and O–H groups in total. The zero-order valence-corrected chi connectivity index (χ0v) is 11.8. The smallest absolute Gasteiger partial charge is 0.323 e. The van der Waals surface area contributed by atoms with Crippen LogP contribution in [0.25, 0.3) is 0 Å². The second kappa shape index (κ2) is 8.00. The zero-order chi connectivity index (χ0) is 13.4. The molecule has 0 aliphatic rings. The number of benzene rings is 1. The summed E-state index contributed by atoms with van der Waals surface area (Å²) in [4.78, 5) is 12.7. The molecule has 0 amide bonds. The first-order valence-corrected chi connectivity index (χ1v) is 6.80. The first-order valence-electron chi connectivity index (χ1n) is 5.82. The molecule has 18 heavy (non-hydrogen) atoms. The van der Waals surface area contributed by atoms with E-state index in [1.165, 1.54) is 0 Å². The van der Waals surface area contributed by atoms with Gasteiger partial charge in [0.2, 0.25) is 0 Å². The van der Waals surface area contributed by atoms with Crippen LogP contribution in [-0.2, 0) is 9.53 Å². The number of likely N-dealkylation sites (N-methyl/N-ethyl adjacent to an activating group) is 1. The number of hydrogen-bond donors (Lipinski definition) is 1. The minimum Gasteiger partial charge on any atom is -0.497 e. The summed E-state index contributed by atoms with van der Waals surface area (Å²) < 4.78 is 10.1. The van der Waals surface area contributed by atoms with Crippen LogP contribution in [0.3, 0.4) is 0 Å². The number of hydrogen-bond acceptors (Lipinski definition) is 5. The van der Waals surface area contributed by atoms with Crippen molar-refractivity contribution in [1.29, 1.82) is 0 Å². The van der Waals surface area contributed by atoms with Gasteiger partial charge in [-0.3, -0.25) is 4.79 Å². The largest absolute Gasteiger partial charge is 0.497 e. The highest BCUT2D eigenvalue weighted by Crippen LogP contribution is 2.23. The Morgan fingerprint density at radius 1 is 1.50 bits per heavy atom. The van der Waals surface area contributed by atoms with Gasteiger partial charge in [-0.2, -0.15) is 0 Å². The minimum absolute atomic E-state index is 0.213. The van der Waals surface area contributed by atoms with Gasteiger partial charge in [-0.15, -0.1) is 11.8 Å². The van der Waals surface area contributed by atoms with Crippen LogP contribution in [-0.4, -0.2) is 38.5 Å². The van der Waals surface area contributed by atoms with Crippen LogP contribution in [0.2, 0.25) is 0 Å². The molecule has 0 fully saturated rings. The normalized spacial score (nSPS) is 11.9. The second-order valence-electron chi connectivity index (χ2n) is 3.58. The lowest BCUT2D eigenvalue weighted by Crippen LogP contribution is -2.37. The van der Waals surface area contributed by atoms with Gasteiger partial charge in [0, 0.05) is 10.6 Å². The number of ether oxygens (including phenoxy) is 2. The van der Waals surface area contributed by atoms with E-state index in [0.29, 0.717) is 12.4 Å². The standard InChI is InChI=1S/C13H19NO3S/c1-4-17-13(15)12(14-2)9-18-11-7-5-6-10(8-11)16-3/h5-8,12,14H,4,9H2,1-3H3. The molecule has 1 aromatic carbocycles. The third kappa shape index (κ3) is 4.58. The van der Waals surface area contributed by atoms with E-state index in [-0.39, 0.29) is 12.0 Å². The Morgan fingerprint density at radius 2 is 2.28 bits per heavy atom. The summed E-state index contributed by atoms with van der Waals surface area (Å²) in [6, 6.07) is 7.47. The van der Waals surface area contributed by atoms with Gasteiger partial charge in [-0.05, 0) is 32.2 Å². The average Bonchev–Trinajstić information content (AvgIpc) is 2.40. The Labute approximate surface area is 112 Å². The highest BCUT2D eigenvalue weighted by Gasteiger charge is 2.17. The molecule has 0 saturated carbocycles. The number of nitrogens with one attached hydrogen (secondary N) is 1. The number of methoxy groups -OCH3 is 1. The Balaban J connectivity index is 2.53. The number of thioether (sulfide) groups is 1. The van der Waals surface area contributed by atoms with Gasteiger partial charge in [-0.1, -0.05) is 6.07 Å². The molecule has 0 aromatic heterocycles. The Kier molecular flexibility index (Phi) is 6.60. The molecule has 0 aliphatic carbocycles. The molecule has 5 heteroatoms. The first kappa shape index (κ1) is 14.9. The molecular formula is C13H19NO3S. The van der Waals surface area contributed by atoms with E-state index >= 15 is 0 Å². The molecule has 0 spiro atoms. The van der Waals surface area contributed by atoms with Gasteiger partial charge in [0.05, 0.1) is 13.7 Å². The van der Waals surface area contributed by atoms with Crippen LogP contribution in [0.15, 0.2) is 29.2 Å². The lowest BCUT2D eigenvalue weighted by molar-refractivity contribution is -0.144. The van der Waals surface area contributed by atoms with E-state index in [1.54, 1.807) is 32.8 Å². The van der Waals surface area contributed by atoms with Gasteiger partial charge >= 0.3 is 5.97 Å². The van der Waals surface area contributed by atoms with Crippen LogP contribution in [0.4, 0.5) is 0 Å². The van der Waals surface area contributed by atoms with Crippen molar-refractivity contribution in [2.24, 2.45) is 0 Å². The minimum atomic E-state index is -0.291. The highest BCUT2D eigenvalue weighted by molar-refractivity contribution is 7.99. The Bertz CT molecular complexity index is 384. The fraction of sp³-hybridized carbons (Fsp3) is 0.462. The maximum absolute atomic E-state index is 11.6. The van der Waals surface area contributed by atoms with E-state index in [1.807, 2.05) is 24.3 Å². The van der Waals surface area contributed by atoms with Gasteiger partial charge in [0.25, 0.3) is 0 Å². The molecule has 1 aromatic rings. The van der Waals surface area contributed by atoms with Crippen LogP contribution in [0.5, 0.6) is 5.75 Å². The third-order valence-corrected chi connectivity index (χ3v) is 3.46. The maximum Gasteiger partial charge on any atom is 0.323 e. The number of rotatable bonds is 7. The van der Waals surface area contributed by atoms with Crippen LogP contribution < -0.4 is 10.1 Å². The van der Waals surface area contributed by atoms with Crippen LogP contribution in [0, 0.1) is 0 Å². The summed E-state index contributed by atoms with van der Waals surface area (Å²) in [7, 11) is 3.40. The second-order valence-corrected chi connectivity index (χ2v) is 4.68. The van der Waals surface area contributed by atoms with Crippen molar-refractivity contribution in [2.45, 2.75) is 17.9 Å². The zero-order valence-electron chi connectivity index (χ0n) is 10.9. The van der Waals surface area contributed by atoms with Crippen LogP contribution >= 0.6 is 11.8 Å². The van der Waals surface area contributed by atoms with E-state index in [4.69, 9.17) is 9.47 Å². The number of carbonyl (C=O) groups excluding carboxylic acids is 1. The number of esters is 1. The van der Waals surface area contributed by atoms with Crippen molar-refractivity contribution >= 4 is 17.7 Å². The van der Waals surface area contributed by atoms with E-state index in [0.717, 1.165) is 10.6 Å². The van der Waals surface area contributed by atoms with Crippen molar-refractivity contribution in [3.05, 3.63) is 24.3 Å². The van der Waals surface area contributed by atoms with E-state index in [9.17, 15) is 4.79 Å². The molecule has 0 radical (unpaired) electrons. The predicted octanol–water partition coefficient (Wildman–Crippen LogP) is 1.94. The van der Waals surface area contributed by atoms with Gasteiger partial charge in [0.15, 0.2) is 0 Å². The highest BCUT2D eigenvalue weighted by atomic mass is 32.2. The molecule has 100 valence electrons. The van der Waals surface area contributed by atoms with Gasteiger partial charge in [-0.25, -0.2) is 0 Å². The average molecular weight is 269 g/mol. The van der Waals surface area contributed by atoms with Crippen molar-refractivity contribution in [3.63, 3.8) is 0 Å². The Hall–Kier alpha value is -1.20. The van der Waals surface area contributed by atoms with Crippen molar-refractivity contribution < 1.29 is 14.3 Å². The summed E-state index contributed by atoms with van der Waals surface area (Å²) in [5.41, 5.74) is 0. The molecule has 0 saturated heterocycles. The van der Waals surface area contributed by atoms with Crippen molar-refractivity contribution in [2.75, 3.05) is 26.5 Å². The fourth-order valence-corrected chi connectivity index (χ4v) is 2.42. The lowest BCUT2D eigenvalue weighted by Gasteiger charge is -2.14. The molecular weight excluding hydrogens is 250 g/mol. The molecule has 0 heterocycles. The molecule has 1 rings (SSSR count). The first-order chi connectivity index (χ1) is 8.71. The molecule has 0 aliphatic heterocycles. The molecule has 1 unspecified atom stereocenters. The maximum atomic E-state index is 11.6. The van der Waals surface area contributed by atoms with E-state index in [2.05, 4.69) is 5.32 Å². The van der Waals surface area contributed by atoms with E-state index < -0.39 is 0 Å². The monoisotopic (exact) mass is 269 g/mol. The summed E-state index contributed by atoms with van der Waals surface area (Å²) in [5, 5.41) is 2.96. The summed E-state index contributed by atoms with van der Waals surface area (Å²) in [6.45, 7) is 2.21. The van der Waals surface area contributed by atoms with Crippen molar-refractivity contribution in [3.8, 4) is 5.75 Å². The lowest BCUT2D eigenvalue weighted by atomic mass is 10.3. The third-order valence-electron chi connectivity index (χ3n) is 2.38. The van der Waals surface area contributed by atoms with Gasteiger partial charge < -0.3 is 14.8 Å². The quantitative estimate of drug-likeness (QED) is 0.605. The summed E-state index contributed by atoms with van der Waals surface area (Å²) >= 11 is 1.59. The topological polar surface area (TPSA) is 47.6 Å². The molecule has 0 bridgehead atoms. The molecule has 4 nitrogen and oxygen atoms in total. The van der Waals surface area contributed by atoms with Gasteiger partial charge in [0.1, 0.15) is 11.8 Å². The SMILES string of the molecule is CCOC(=O)C(CSc1cccc(OC)c1)NC.